The largest absolute Gasteiger partial charge is 0.235 e. The van der Waals surface area contributed by atoms with Crippen LogP contribution >= 0.6 is 0 Å². The lowest BCUT2D eigenvalue weighted by Crippen LogP contribution is -2.04. The molecule has 0 amide bonds. The summed E-state index contributed by atoms with van der Waals surface area (Å²) in [6.07, 6.45) is 1.51. The average Bonchev–Trinajstić information content (AvgIpc) is 2.50. The zero-order valence-corrected chi connectivity index (χ0v) is 6.14. The molecule has 5 nitrogen and oxygen atoms in total. The normalized spacial score (nSPS) is 10.0. The molecule has 12 heavy (non-hydrogen) atoms. The number of nitroso groups, excluding NO2 is 1. The van der Waals surface area contributed by atoms with Crippen LogP contribution < -0.4 is 5.53 Å². The van der Waals surface area contributed by atoms with Crippen LogP contribution in [0.15, 0.2) is 35.9 Å². The molecule has 0 fully saturated rings. The maximum Gasteiger partial charge on any atom is 0.117 e. The number of aromatic nitrogens is 2. The Bertz CT molecular complexity index is 408. The number of para-hydroxylation sites is 2. The maximum atomic E-state index is 9.91. The van der Waals surface area contributed by atoms with E-state index in [0.29, 0.717) is 0 Å². The highest BCUT2D eigenvalue weighted by molar-refractivity contribution is 5.75. The van der Waals surface area contributed by atoms with Crippen molar-refractivity contribution in [3.8, 4) is 0 Å². The predicted octanol–water partition coefficient (Wildman–Crippen LogP) is 1.26. The van der Waals surface area contributed by atoms with Crippen molar-refractivity contribution in [2.45, 2.75) is 0 Å². The molecule has 0 aliphatic carbocycles. The van der Waals surface area contributed by atoms with Crippen molar-refractivity contribution in [2.75, 3.05) is 5.53 Å². The van der Waals surface area contributed by atoms with Gasteiger partial charge in [-0.25, -0.2) is 9.66 Å². The molecular formula is C7H6N4O. The number of fused-ring (bicyclic) bond motifs is 1. The number of hydrogen-bond acceptors (Lipinski definition) is 3. The van der Waals surface area contributed by atoms with Gasteiger partial charge in [-0.15, -0.1) is 4.91 Å². The second kappa shape index (κ2) is 2.61. The third kappa shape index (κ3) is 0.914. The van der Waals surface area contributed by atoms with Gasteiger partial charge in [-0.3, -0.25) is 0 Å². The number of benzene rings is 1. The van der Waals surface area contributed by atoms with Gasteiger partial charge >= 0.3 is 0 Å². The first-order chi connectivity index (χ1) is 5.92. The monoisotopic (exact) mass is 162 g/mol. The number of nitrogens with one attached hydrogen (secondary N) is 1. The van der Waals surface area contributed by atoms with E-state index in [2.05, 4.69) is 15.8 Å². The Kier molecular flexibility index (Phi) is 1.48. The molecule has 5 heteroatoms. The molecule has 2 aromatic rings. The van der Waals surface area contributed by atoms with Gasteiger partial charge in [0, 0.05) is 0 Å². The first-order valence-corrected chi connectivity index (χ1v) is 3.42. The topological polar surface area (TPSA) is 59.3 Å². The number of hydrogen-bond donors (Lipinski definition) is 1. The lowest BCUT2D eigenvalue weighted by Gasteiger charge is -1.96. The maximum absolute atomic E-state index is 9.91. The molecular weight excluding hydrogens is 156 g/mol. The van der Waals surface area contributed by atoms with Crippen LogP contribution in [0.5, 0.6) is 0 Å². The zero-order chi connectivity index (χ0) is 8.39. The Morgan fingerprint density at radius 2 is 2.25 bits per heavy atom. The molecule has 0 unspecified atom stereocenters. The Morgan fingerprint density at radius 1 is 1.42 bits per heavy atom. The molecule has 0 spiro atoms. The van der Waals surface area contributed by atoms with Crippen LogP contribution in [-0.4, -0.2) is 9.66 Å². The van der Waals surface area contributed by atoms with Gasteiger partial charge in [0.05, 0.1) is 16.3 Å². The van der Waals surface area contributed by atoms with Gasteiger partial charge < -0.3 is 0 Å². The van der Waals surface area contributed by atoms with Gasteiger partial charge in [0.2, 0.25) is 0 Å². The van der Waals surface area contributed by atoms with E-state index >= 15 is 0 Å². The Balaban J connectivity index is 2.62. The summed E-state index contributed by atoms with van der Waals surface area (Å²) in [5.74, 6) is 0. The van der Waals surface area contributed by atoms with Crippen LogP contribution in [0.3, 0.4) is 0 Å². The quantitative estimate of drug-likeness (QED) is 0.534. The molecule has 60 valence electrons. The highest BCUT2D eigenvalue weighted by Crippen LogP contribution is 2.09. The summed E-state index contributed by atoms with van der Waals surface area (Å²) in [7, 11) is 0. The summed E-state index contributed by atoms with van der Waals surface area (Å²) in [4.78, 5) is 13.9. The average molecular weight is 162 g/mol. The summed E-state index contributed by atoms with van der Waals surface area (Å²) in [6.45, 7) is 0. The van der Waals surface area contributed by atoms with Crippen LogP contribution in [0.2, 0.25) is 0 Å². The number of rotatable bonds is 2. The van der Waals surface area contributed by atoms with Crippen molar-refractivity contribution >= 4 is 11.0 Å². The van der Waals surface area contributed by atoms with Crippen molar-refractivity contribution in [3.05, 3.63) is 35.5 Å². The summed E-state index contributed by atoms with van der Waals surface area (Å²) >= 11 is 0. The van der Waals surface area contributed by atoms with E-state index in [0.717, 1.165) is 11.0 Å². The lowest BCUT2D eigenvalue weighted by atomic mass is 10.3. The molecule has 0 aliphatic rings. The summed E-state index contributed by atoms with van der Waals surface area (Å²) < 4.78 is 1.46. The van der Waals surface area contributed by atoms with E-state index < -0.39 is 0 Å². The molecule has 0 saturated heterocycles. The molecule has 1 heterocycles. The molecule has 0 aliphatic heterocycles. The summed E-state index contributed by atoms with van der Waals surface area (Å²) in [5, 5.41) is 2.55. The molecule has 0 saturated carbocycles. The van der Waals surface area contributed by atoms with Gasteiger partial charge in [-0.1, -0.05) is 12.1 Å². The molecule has 1 aromatic carbocycles. The second-order valence-corrected chi connectivity index (χ2v) is 2.29. The standard InChI is InChI=1S/C7H6N4O/c12-10-9-11-5-8-6-3-1-2-4-7(6)11/h1-5H,(H,9,12). The minimum atomic E-state index is 0.827. The first-order valence-electron chi connectivity index (χ1n) is 3.42. The Morgan fingerprint density at radius 3 is 3.08 bits per heavy atom. The second-order valence-electron chi connectivity index (χ2n) is 2.29. The van der Waals surface area contributed by atoms with E-state index in [1.54, 1.807) is 0 Å². The number of nitrogens with zero attached hydrogens (tertiary/aromatic N) is 3. The van der Waals surface area contributed by atoms with Crippen molar-refractivity contribution in [3.63, 3.8) is 0 Å². The van der Waals surface area contributed by atoms with Crippen LogP contribution in [0, 0.1) is 4.91 Å². The van der Waals surface area contributed by atoms with Gasteiger partial charge in [0.25, 0.3) is 0 Å². The third-order valence-electron chi connectivity index (χ3n) is 1.60. The van der Waals surface area contributed by atoms with E-state index in [1.807, 2.05) is 24.3 Å². The molecule has 1 N–H and O–H groups in total. The van der Waals surface area contributed by atoms with Crippen LogP contribution in [0.4, 0.5) is 0 Å². The first kappa shape index (κ1) is 6.78. The van der Waals surface area contributed by atoms with Gasteiger partial charge in [-0.2, -0.15) is 5.53 Å². The fourth-order valence-corrected chi connectivity index (χ4v) is 1.08. The van der Waals surface area contributed by atoms with Crippen LogP contribution in [0.25, 0.3) is 11.0 Å². The minimum absolute atomic E-state index is 0.827. The Hall–Kier alpha value is -1.91. The zero-order valence-electron chi connectivity index (χ0n) is 6.14. The van der Waals surface area contributed by atoms with E-state index in [-0.39, 0.29) is 0 Å². The van der Waals surface area contributed by atoms with Gasteiger partial charge in [0.1, 0.15) is 6.33 Å². The highest BCUT2D eigenvalue weighted by Gasteiger charge is 1.98. The summed E-state index contributed by atoms with van der Waals surface area (Å²) in [5.41, 5.74) is 3.91. The van der Waals surface area contributed by atoms with Crippen LogP contribution in [0.1, 0.15) is 0 Å². The Labute approximate surface area is 67.9 Å². The summed E-state index contributed by atoms with van der Waals surface area (Å²) in [6, 6.07) is 7.46. The van der Waals surface area contributed by atoms with Crippen molar-refractivity contribution in [1.82, 2.24) is 9.66 Å². The fourth-order valence-electron chi connectivity index (χ4n) is 1.08. The molecule has 0 atom stereocenters. The number of imidazole rings is 1. The lowest BCUT2D eigenvalue weighted by molar-refractivity contribution is 0.902. The van der Waals surface area contributed by atoms with E-state index in [1.165, 1.54) is 11.0 Å². The predicted molar refractivity (Wildman–Crippen MR) is 44.9 cm³/mol. The fraction of sp³-hybridized carbons (Fsp3) is 0. The van der Waals surface area contributed by atoms with Gasteiger partial charge in [0.15, 0.2) is 0 Å². The van der Waals surface area contributed by atoms with Gasteiger partial charge in [-0.05, 0) is 12.1 Å². The van der Waals surface area contributed by atoms with Crippen molar-refractivity contribution in [2.24, 2.45) is 5.29 Å². The molecule has 2 rings (SSSR count). The highest BCUT2D eigenvalue weighted by atomic mass is 16.3. The minimum Gasteiger partial charge on any atom is -0.235 e. The van der Waals surface area contributed by atoms with E-state index in [4.69, 9.17) is 0 Å². The van der Waals surface area contributed by atoms with E-state index in [9.17, 15) is 4.91 Å². The van der Waals surface area contributed by atoms with Crippen LogP contribution in [-0.2, 0) is 0 Å². The van der Waals surface area contributed by atoms with Crippen molar-refractivity contribution < 1.29 is 0 Å². The smallest absolute Gasteiger partial charge is 0.117 e. The molecule has 0 radical (unpaired) electrons. The molecule has 0 bridgehead atoms. The SMILES string of the molecule is O=NNn1cnc2ccccc21. The third-order valence-corrected chi connectivity index (χ3v) is 1.60. The molecule has 1 aromatic heterocycles. The van der Waals surface area contributed by atoms with Crippen molar-refractivity contribution in [1.29, 1.82) is 0 Å².